The molecule has 2 saturated heterocycles. The molecule has 2 heterocycles. The number of rotatable bonds is 5. The predicted octanol–water partition coefficient (Wildman–Crippen LogP) is 2.87. The summed E-state index contributed by atoms with van der Waals surface area (Å²) < 4.78 is 33.2. The molecule has 162 valence electrons. The molecule has 2 aliphatic heterocycles. The standard InChI is InChI=1S/C21H20F2N4O4/c1-13(28)24-11-17-12-27(21(30)31-17)16-6-7-19(18(23)10-16)26-9-8-25(20(26)29)15-4-2-14(22)3-5-15/h2-7,10,17H,8-9,11-12H2,1H3,(H,24,28). The summed E-state index contributed by atoms with van der Waals surface area (Å²) in [6.07, 6.45) is -1.18. The first-order valence-electron chi connectivity index (χ1n) is 9.70. The molecule has 1 N–H and O–H groups in total. The zero-order valence-electron chi connectivity index (χ0n) is 16.7. The summed E-state index contributed by atoms with van der Waals surface area (Å²) in [5.41, 5.74) is 0.898. The molecule has 2 aromatic carbocycles. The Kier molecular flexibility index (Phi) is 5.45. The lowest BCUT2D eigenvalue weighted by Gasteiger charge is -2.20. The summed E-state index contributed by atoms with van der Waals surface area (Å²) in [7, 11) is 0. The van der Waals surface area contributed by atoms with E-state index in [2.05, 4.69) is 5.32 Å². The van der Waals surface area contributed by atoms with Crippen LogP contribution >= 0.6 is 0 Å². The molecule has 8 nitrogen and oxygen atoms in total. The molecule has 10 heteroatoms. The van der Waals surface area contributed by atoms with E-state index in [0.717, 1.165) is 0 Å². The fraction of sp³-hybridized carbons (Fsp3) is 0.286. The SMILES string of the molecule is CC(=O)NCC1CN(c2ccc(N3CCN(c4ccc(F)cc4)C3=O)c(F)c2)C(=O)O1. The zero-order valence-corrected chi connectivity index (χ0v) is 16.7. The Morgan fingerprint density at radius 1 is 1.03 bits per heavy atom. The van der Waals surface area contributed by atoms with E-state index < -0.39 is 29.9 Å². The third kappa shape index (κ3) is 4.14. The number of carbonyl (C=O) groups is 3. The highest BCUT2D eigenvalue weighted by atomic mass is 19.1. The number of nitrogens with one attached hydrogen (secondary N) is 1. The van der Waals surface area contributed by atoms with Crippen molar-refractivity contribution in [3.63, 3.8) is 0 Å². The fourth-order valence-corrected chi connectivity index (χ4v) is 3.60. The first kappa shape index (κ1) is 20.6. The molecule has 1 unspecified atom stereocenters. The molecule has 2 aliphatic rings. The van der Waals surface area contributed by atoms with E-state index in [4.69, 9.17) is 4.74 Å². The Bertz CT molecular complexity index is 1030. The van der Waals surface area contributed by atoms with E-state index in [-0.39, 0.29) is 31.2 Å². The van der Waals surface area contributed by atoms with Gasteiger partial charge in [0.2, 0.25) is 5.91 Å². The van der Waals surface area contributed by atoms with Crippen LogP contribution in [-0.4, -0.2) is 50.3 Å². The number of hydrogen-bond acceptors (Lipinski definition) is 4. The number of anilines is 3. The normalized spacial score (nSPS) is 18.5. The van der Waals surface area contributed by atoms with E-state index in [0.29, 0.717) is 17.9 Å². The van der Waals surface area contributed by atoms with Gasteiger partial charge in [0.05, 0.1) is 24.5 Å². The molecule has 4 rings (SSSR count). The molecule has 0 spiro atoms. The number of hydrogen-bond donors (Lipinski definition) is 1. The minimum atomic E-state index is -0.662. The van der Waals surface area contributed by atoms with Crippen LogP contribution in [0.4, 0.5) is 35.4 Å². The van der Waals surface area contributed by atoms with E-state index >= 15 is 0 Å². The van der Waals surface area contributed by atoms with Crippen molar-refractivity contribution < 1.29 is 27.9 Å². The Hall–Kier alpha value is -3.69. The lowest BCUT2D eigenvalue weighted by Crippen LogP contribution is -2.33. The van der Waals surface area contributed by atoms with Gasteiger partial charge in [-0.15, -0.1) is 0 Å². The van der Waals surface area contributed by atoms with Crippen LogP contribution in [-0.2, 0) is 9.53 Å². The number of nitrogens with zero attached hydrogens (tertiary/aromatic N) is 3. The quantitative estimate of drug-likeness (QED) is 0.791. The second kappa shape index (κ2) is 8.21. The van der Waals surface area contributed by atoms with Crippen molar-refractivity contribution in [2.45, 2.75) is 13.0 Å². The van der Waals surface area contributed by atoms with Gasteiger partial charge in [0, 0.05) is 25.7 Å². The summed E-state index contributed by atoms with van der Waals surface area (Å²) in [6.45, 7) is 2.28. The molecule has 4 amide bonds. The zero-order chi connectivity index (χ0) is 22.1. The third-order valence-electron chi connectivity index (χ3n) is 5.13. The number of cyclic esters (lactones) is 1. The van der Waals surface area contributed by atoms with Crippen molar-refractivity contribution in [2.24, 2.45) is 0 Å². The van der Waals surface area contributed by atoms with Gasteiger partial charge in [0.25, 0.3) is 0 Å². The van der Waals surface area contributed by atoms with Gasteiger partial charge in [0.15, 0.2) is 0 Å². The number of ether oxygens (including phenoxy) is 1. The maximum absolute atomic E-state index is 14.9. The summed E-state index contributed by atoms with van der Waals surface area (Å²) in [6, 6.07) is 9.22. The highest BCUT2D eigenvalue weighted by Crippen LogP contribution is 2.31. The molecule has 31 heavy (non-hydrogen) atoms. The number of benzene rings is 2. The molecule has 0 radical (unpaired) electrons. The maximum atomic E-state index is 14.9. The second-order valence-corrected chi connectivity index (χ2v) is 7.25. The van der Waals surface area contributed by atoms with Gasteiger partial charge in [-0.2, -0.15) is 0 Å². The molecule has 2 fully saturated rings. The van der Waals surface area contributed by atoms with Crippen LogP contribution in [0, 0.1) is 11.6 Å². The Balaban J connectivity index is 1.48. The van der Waals surface area contributed by atoms with Crippen molar-refractivity contribution in [3.8, 4) is 0 Å². The third-order valence-corrected chi connectivity index (χ3v) is 5.13. The minimum Gasteiger partial charge on any atom is -0.442 e. The van der Waals surface area contributed by atoms with Crippen LogP contribution in [0.1, 0.15) is 6.92 Å². The summed E-state index contributed by atoms with van der Waals surface area (Å²) >= 11 is 0. The second-order valence-electron chi connectivity index (χ2n) is 7.25. The summed E-state index contributed by atoms with van der Waals surface area (Å²) in [4.78, 5) is 39.9. The molecule has 2 aromatic rings. The van der Waals surface area contributed by atoms with Gasteiger partial charge >= 0.3 is 12.1 Å². The van der Waals surface area contributed by atoms with Gasteiger partial charge in [-0.3, -0.25) is 19.5 Å². The summed E-state index contributed by atoms with van der Waals surface area (Å²) in [5, 5.41) is 2.58. The fourth-order valence-electron chi connectivity index (χ4n) is 3.60. The van der Waals surface area contributed by atoms with Gasteiger partial charge in [-0.25, -0.2) is 18.4 Å². The molecule has 0 aliphatic carbocycles. The molecular formula is C21H20F2N4O4. The topological polar surface area (TPSA) is 82.2 Å². The van der Waals surface area contributed by atoms with Crippen molar-refractivity contribution in [2.75, 3.05) is 40.9 Å². The number of halogens is 2. The van der Waals surface area contributed by atoms with Crippen LogP contribution in [0.15, 0.2) is 42.5 Å². The number of carbonyl (C=O) groups excluding carboxylic acids is 3. The first-order valence-corrected chi connectivity index (χ1v) is 9.70. The van der Waals surface area contributed by atoms with Gasteiger partial charge in [0.1, 0.15) is 17.7 Å². The Morgan fingerprint density at radius 2 is 1.71 bits per heavy atom. The average Bonchev–Trinajstić information content (AvgIpc) is 3.29. The molecule has 0 bridgehead atoms. The summed E-state index contributed by atoms with van der Waals surface area (Å²) in [5.74, 6) is -1.31. The van der Waals surface area contributed by atoms with Crippen molar-refractivity contribution in [1.29, 1.82) is 0 Å². The van der Waals surface area contributed by atoms with E-state index in [1.165, 1.54) is 64.1 Å². The van der Waals surface area contributed by atoms with Crippen LogP contribution in [0.25, 0.3) is 0 Å². The maximum Gasteiger partial charge on any atom is 0.414 e. The van der Waals surface area contributed by atoms with E-state index in [1.54, 1.807) is 0 Å². The van der Waals surface area contributed by atoms with Gasteiger partial charge < -0.3 is 10.1 Å². The Labute approximate surface area is 177 Å². The molecule has 0 aromatic heterocycles. The van der Waals surface area contributed by atoms with Crippen molar-refractivity contribution >= 4 is 35.1 Å². The van der Waals surface area contributed by atoms with Crippen molar-refractivity contribution in [3.05, 3.63) is 54.1 Å². The van der Waals surface area contributed by atoms with Gasteiger partial charge in [-0.05, 0) is 42.5 Å². The van der Waals surface area contributed by atoms with Crippen LogP contribution < -0.4 is 20.0 Å². The van der Waals surface area contributed by atoms with E-state index in [9.17, 15) is 23.2 Å². The highest BCUT2D eigenvalue weighted by molar-refractivity contribution is 6.06. The average molecular weight is 430 g/mol. The van der Waals surface area contributed by atoms with Crippen LogP contribution in [0.3, 0.4) is 0 Å². The first-order chi connectivity index (χ1) is 14.8. The van der Waals surface area contributed by atoms with Gasteiger partial charge in [-0.1, -0.05) is 0 Å². The number of amides is 4. The van der Waals surface area contributed by atoms with Crippen LogP contribution in [0.2, 0.25) is 0 Å². The molecule has 0 saturated carbocycles. The highest BCUT2D eigenvalue weighted by Gasteiger charge is 2.35. The lowest BCUT2D eigenvalue weighted by molar-refractivity contribution is -0.119. The minimum absolute atomic E-state index is 0.0840. The Morgan fingerprint density at radius 3 is 2.39 bits per heavy atom. The number of urea groups is 1. The smallest absolute Gasteiger partial charge is 0.414 e. The van der Waals surface area contributed by atoms with Crippen molar-refractivity contribution in [1.82, 2.24) is 5.32 Å². The van der Waals surface area contributed by atoms with Crippen LogP contribution in [0.5, 0.6) is 0 Å². The molecular weight excluding hydrogens is 410 g/mol. The monoisotopic (exact) mass is 430 g/mol. The van der Waals surface area contributed by atoms with E-state index in [1.807, 2.05) is 0 Å². The molecule has 1 atom stereocenters. The predicted molar refractivity (Wildman–Crippen MR) is 109 cm³/mol. The largest absolute Gasteiger partial charge is 0.442 e. The lowest BCUT2D eigenvalue weighted by atomic mass is 10.2.